The molecule has 302 valence electrons. The van der Waals surface area contributed by atoms with Crippen LogP contribution in [0.1, 0.15) is 194 Å². The molecule has 1 unspecified atom stereocenters. The Morgan fingerprint density at radius 1 is 0.529 bits per heavy atom. The summed E-state index contributed by atoms with van der Waals surface area (Å²) >= 11 is 0. The molecule has 0 aromatic carbocycles. The monoisotopic (exact) mass is 731 g/mol. The third-order valence-electron chi connectivity index (χ3n) is 9.99. The van der Waals surface area contributed by atoms with Crippen molar-refractivity contribution in [3.8, 4) is 0 Å². The van der Waals surface area contributed by atoms with Crippen LogP contribution in [0.4, 0.5) is 0 Å². The number of ether oxygens (including phenoxy) is 4. The number of aliphatic hydroxyl groups is 4. The van der Waals surface area contributed by atoms with E-state index in [0.717, 1.165) is 38.5 Å². The zero-order chi connectivity index (χ0) is 37.4. The standard InChI is InChI=1S/C41H78O10/c1-3-5-7-9-11-13-15-17-19-21-23-25-27-29-36(43)48-32-34(33-49-41-40(47)39(46)38(45)35(31-42)51-41)50-37(44)30-28-26-24-22-20-18-16-14-12-10-8-6-4-2/h34-35,38-42,45-47H,3-33H2,1-2H3/t34?,35-,38+,39+,40+,41-/m1/s1. The minimum atomic E-state index is -1.59. The lowest BCUT2D eigenvalue weighted by Crippen LogP contribution is -2.59. The van der Waals surface area contributed by atoms with Crippen LogP contribution in [0.5, 0.6) is 0 Å². The Balaban J connectivity index is 2.35. The predicted molar refractivity (Wildman–Crippen MR) is 201 cm³/mol. The van der Waals surface area contributed by atoms with Crippen molar-refractivity contribution in [3.05, 3.63) is 0 Å². The summed E-state index contributed by atoms with van der Waals surface area (Å²) in [5.74, 6) is -0.795. The predicted octanol–water partition coefficient (Wildman–Crippen LogP) is 8.22. The quantitative estimate of drug-likeness (QED) is 0.0371. The average Bonchev–Trinajstić information content (AvgIpc) is 3.13. The molecule has 1 heterocycles. The number of unbranched alkanes of at least 4 members (excludes halogenated alkanes) is 24. The Labute approximate surface area is 310 Å². The van der Waals surface area contributed by atoms with Crippen LogP contribution >= 0.6 is 0 Å². The molecule has 10 heteroatoms. The highest BCUT2D eigenvalue weighted by Gasteiger charge is 2.44. The second kappa shape index (κ2) is 33.3. The maximum absolute atomic E-state index is 12.7. The first-order valence-electron chi connectivity index (χ1n) is 21.1. The summed E-state index contributed by atoms with van der Waals surface area (Å²) in [7, 11) is 0. The van der Waals surface area contributed by atoms with E-state index >= 15 is 0 Å². The molecule has 10 nitrogen and oxygen atoms in total. The fourth-order valence-electron chi connectivity index (χ4n) is 6.60. The number of hydrogen-bond donors (Lipinski definition) is 4. The van der Waals surface area contributed by atoms with E-state index in [-0.39, 0.29) is 32.0 Å². The van der Waals surface area contributed by atoms with E-state index in [4.69, 9.17) is 18.9 Å². The van der Waals surface area contributed by atoms with Gasteiger partial charge < -0.3 is 39.4 Å². The average molecular weight is 731 g/mol. The van der Waals surface area contributed by atoms with Crippen molar-refractivity contribution < 1.29 is 49.0 Å². The van der Waals surface area contributed by atoms with Gasteiger partial charge in [-0.05, 0) is 12.8 Å². The Bertz CT molecular complexity index is 809. The number of rotatable bonds is 35. The van der Waals surface area contributed by atoms with Gasteiger partial charge in [0.2, 0.25) is 0 Å². The van der Waals surface area contributed by atoms with Gasteiger partial charge in [0.15, 0.2) is 12.4 Å². The molecule has 0 spiro atoms. The Hall–Kier alpha value is -1.30. The Morgan fingerprint density at radius 3 is 1.33 bits per heavy atom. The molecule has 6 atom stereocenters. The topological polar surface area (TPSA) is 152 Å². The molecule has 0 radical (unpaired) electrons. The van der Waals surface area contributed by atoms with E-state index in [0.29, 0.717) is 6.42 Å². The molecule has 0 bridgehead atoms. The lowest BCUT2D eigenvalue weighted by Gasteiger charge is -2.39. The van der Waals surface area contributed by atoms with Gasteiger partial charge in [0.1, 0.15) is 31.0 Å². The van der Waals surface area contributed by atoms with Crippen molar-refractivity contribution in [2.75, 3.05) is 19.8 Å². The maximum Gasteiger partial charge on any atom is 0.306 e. The highest BCUT2D eigenvalue weighted by molar-refractivity contribution is 5.70. The Kier molecular flexibility index (Phi) is 31.1. The number of esters is 2. The van der Waals surface area contributed by atoms with E-state index < -0.39 is 49.4 Å². The van der Waals surface area contributed by atoms with Crippen LogP contribution in [0.15, 0.2) is 0 Å². The van der Waals surface area contributed by atoms with Crippen LogP contribution in [0.2, 0.25) is 0 Å². The summed E-state index contributed by atoms with van der Waals surface area (Å²) in [5, 5.41) is 40.0. The highest BCUT2D eigenvalue weighted by Crippen LogP contribution is 2.23. The van der Waals surface area contributed by atoms with Gasteiger partial charge in [-0.25, -0.2) is 0 Å². The van der Waals surface area contributed by atoms with E-state index in [9.17, 15) is 30.0 Å². The zero-order valence-electron chi connectivity index (χ0n) is 32.6. The van der Waals surface area contributed by atoms with Crippen molar-refractivity contribution in [2.45, 2.75) is 230 Å². The molecule has 0 amide bonds. The van der Waals surface area contributed by atoms with Crippen molar-refractivity contribution in [3.63, 3.8) is 0 Å². The smallest absolute Gasteiger partial charge is 0.306 e. The molecule has 4 N–H and O–H groups in total. The van der Waals surface area contributed by atoms with E-state index in [1.165, 1.54) is 122 Å². The lowest BCUT2D eigenvalue weighted by atomic mass is 9.99. The summed E-state index contributed by atoms with van der Waals surface area (Å²) in [6, 6.07) is 0. The van der Waals surface area contributed by atoms with E-state index in [1.54, 1.807) is 0 Å². The molecule has 0 aromatic rings. The molecule has 51 heavy (non-hydrogen) atoms. The molecule has 1 rings (SSSR count). The SMILES string of the molecule is CCCCCCCCCCCCCCCC(=O)OCC(CO[C@@H]1O[C@H](CO)[C@H](O)[C@H](O)[C@@H]1O)OC(=O)CCCCCCCCCCCCCCC. The first-order chi connectivity index (χ1) is 24.8. The highest BCUT2D eigenvalue weighted by atomic mass is 16.7. The Morgan fingerprint density at radius 2 is 0.922 bits per heavy atom. The molecule has 0 aliphatic carbocycles. The number of carbonyl (C=O) groups excluding carboxylic acids is 2. The minimum Gasteiger partial charge on any atom is -0.462 e. The third-order valence-corrected chi connectivity index (χ3v) is 9.99. The van der Waals surface area contributed by atoms with Crippen molar-refractivity contribution >= 4 is 11.9 Å². The second-order valence-corrected chi connectivity index (χ2v) is 14.8. The van der Waals surface area contributed by atoms with Crippen molar-refractivity contribution in [2.24, 2.45) is 0 Å². The molecule has 0 saturated carbocycles. The lowest BCUT2D eigenvalue weighted by molar-refractivity contribution is -0.305. The summed E-state index contributed by atoms with van der Waals surface area (Å²) in [6.07, 6.45) is 23.9. The van der Waals surface area contributed by atoms with Crippen LogP contribution < -0.4 is 0 Å². The van der Waals surface area contributed by atoms with E-state index in [1.807, 2.05) is 0 Å². The van der Waals surface area contributed by atoms with Crippen LogP contribution in [-0.4, -0.2) is 89.0 Å². The number of carbonyl (C=O) groups is 2. The fraction of sp³-hybridized carbons (Fsp3) is 0.951. The summed E-state index contributed by atoms with van der Waals surface area (Å²) < 4.78 is 22.1. The molecule has 0 aromatic heterocycles. The molecule has 1 aliphatic rings. The third kappa shape index (κ3) is 25.4. The summed E-state index contributed by atoms with van der Waals surface area (Å²) in [4.78, 5) is 25.2. The van der Waals surface area contributed by atoms with Gasteiger partial charge in [0, 0.05) is 12.8 Å². The van der Waals surface area contributed by atoms with Crippen LogP contribution in [0.25, 0.3) is 0 Å². The first kappa shape index (κ1) is 47.7. The van der Waals surface area contributed by atoms with Gasteiger partial charge in [0.05, 0.1) is 13.2 Å². The normalized spacial score (nSPS) is 21.1. The molecule has 1 saturated heterocycles. The molecular weight excluding hydrogens is 652 g/mol. The van der Waals surface area contributed by atoms with Crippen molar-refractivity contribution in [1.82, 2.24) is 0 Å². The largest absolute Gasteiger partial charge is 0.462 e. The van der Waals surface area contributed by atoms with Gasteiger partial charge in [0.25, 0.3) is 0 Å². The minimum absolute atomic E-state index is 0.209. The zero-order valence-corrected chi connectivity index (χ0v) is 32.6. The number of hydrogen-bond acceptors (Lipinski definition) is 10. The van der Waals surface area contributed by atoms with Gasteiger partial charge in [-0.15, -0.1) is 0 Å². The van der Waals surface area contributed by atoms with Crippen LogP contribution in [-0.2, 0) is 28.5 Å². The molecule has 1 aliphatic heterocycles. The van der Waals surface area contributed by atoms with Gasteiger partial charge in [-0.1, -0.05) is 168 Å². The van der Waals surface area contributed by atoms with Crippen molar-refractivity contribution in [1.29, 1.82) is 0 Å². The second-order valence-electron chi connectivity index (χ2n) is 14.8. The van der Waals surface area contributed by atoms with E-state index in [2.05, 4.69) is 13.8 Å². The summed E-state index contributed by atoms with van der Waals surface area (Å²) in [5.41, 5.74) is 0. The van der Waals surface area contributed by atoms with Gasteiger partial charge in [-0.3, -0.25) is 9.59 Å². The molecular formula is C41H78O10. The van der Waals surface area contributed by atoms with Gasteiger partial charge >= 0.3 is 11.9 Å². The number of aliphatic hydroxyl groups excluding tert-OH is 4. The molecule has 1 fully saturated rings. The first-order valence-corrected chi connectivity index (χ1v) is 21.1. The fourth-order valence-corrected chi connectivity index (χ4v) is 6.60. The van der Waals surface area contributed by atoms with Crippen LogP contribution in [0, 0.1) is 0 Å². The van der Waals surface area contributed by atoms with Crippen LogP contribution in [0.3, 0.4) is 0 Å². The van der Waals surface area contributed by atoms with Gasteiger partial charge in [-0.2, -0.15) is 0 Å². The summed E-state index contributed by atoms with van der Waals surface area (Å²) in [6.45, 7) is 3.43. The maximum atomic E-state index is 12.7.